The summed E-state index contributed by atoms with van der Waals surface area (Å²) in [6.45, 7) is 2.63. The van der Waals surface area contributed by atoms with Gasteiger partial charge in [-0.3, -0.25) is 14.2 Å². The number of benzene rings is 3. The fourth-order valence-corrected chi connectivity index (χ4v) is 4.42. The van der Waals surface area contributed by atoms with Crippen LogP contribution in [0.2, 0.25) is 0 Å². The highest BCUT2D eigenvalue weighted by Crippen LogP contribution is 2.34. The van der Waals surface area contributed by atoms with Crippen molar-refractivity contribution in [2.24, 2.45) is 0 Å². The lowest BCUT2D eigenvalue weighted by atomic mass is 10.0. The summed E-state index contributed by atoms with van der Waals surface area (Å²) < 4.78 is 26.4. The molecule has 1 N–H and O–H groups in total. The normalized spacial score (nSPS) is 14.6. The molecule has 0 amide bonds. The minimum atomic E-state index is -0.917. The number of aliphatic carboxylic acids is 1. The van der Waals surface area contributed by atoms with Gasteiger partial charge in [0, 0.05) is 28.3 Å². The maximum absolute atomic E-state index is 13.4. The van der Waals surface area contributed by atoms with E-state index in [-0.39, 0.29) is 24.1 Å². The number of halogens is 1. The van der Waals surface area contributed by atoms with Gasteiger partial charge in [-0.1, -0.05) is 18.2 Å². The van der Waals surface area contributed by atoms with E-state index in [9.17, 15) is 19.1 Å². The molecular weight excluding hydrogens is 437 g/mol. The van der Waals surface area contributed by atoms with Gasteiger partial charge in [0.2, 0.25) is 0 Å². The van der Waals surface area contributed by atoms with E-state index in [1.54, 1.807) is 47.0 Å². The zero-order valence-electron chi connectivity index (χ0n) is 18.5. The summed E-state index contributed by atoms with van der Waals surface area (Å²) in [4.78, 5) is 24.5. The Morgan fingerprint density at radius 2 is 1.91 bits per heavy atom. The molecule has 7 heteroatoms. The van der Waals surface area contributed by atoms with Gasteiger partial charge in [0.05, 0.1) is 31.1 Å². The number of carboxylic acids is 1. The smallest absolute Gasteiger partial charge is 0.307 e. The Labute approximate surface area is 195 Å². The Morgan fingerprint density at radius 1 is 1.12 bits per heavy atom. The van der Waals surface area contributed by atoms with Crippen molar-refractivity contribution in [3.8, 4) is 11.5 Å². The molecule has 34 heavy (non-hydrogen) atoms. The summed E-state index contributed by atoms with van der Waals surface area (Å²) in [5, 5.41) is 9.94. The Balaban J connectivity index is 1.32. The molecule has 1 aliphatic heterocycles. The first-order valence-electron chi connectivity index (χ1n) is 10.9. The van der Waals surface area contributed by atoms with Gasteiger partial charge < -0.3 is 14.6 Å². The van der Waals surface area contributed by atoms with Crippen LogP contribution in [0, 0.1) is 12.7 Å². The van der Waals surface area contributed by atoms with Gasteiger partial charge in [0.15, 0.2) is 0 Å². The van der Waals surface area contributed by atoms with Crippen LogP contribution in [-0.2, 0) is 11.2 Å². The molecule has 4 aromatic rings. The second kappa shape index (κ2) is 8.67. The topological polar surface area (TPSA) is 77.8 Å². The third kappa shape index (κ3) is 4.01. The summed E-state index contributed by atoms with van der Waals surface area (Å²) >= 11 is 0. The van der Waals surface area contributed by atoms with Crippen LogP contribution in [0.1, 0.15) is 33.1 Å². The maximum atomic E-state index is 13.4. The highest BCUT2D eigenvalue weighted by molar-refractivity contribution is 6.04. The predicted octanol–water partition coefficient (Wildman–Crippen LogP) is 4.96. The molecule has 0 spiro atoms. The van der Waals surface area contributed by atoms with Crippen molar-refractivity contribution in [2.75, 3.05) is 13.2 Å². The maximum Gasteiger partial charge on any atom is 0.307 e. The molecule has 0 radical (unpaired) electrons. The van der Waals surface area contributed by atoms with E-state index in [4.69, 9.17) is 9.47 Å². The molecule has 3 aromatic carbocycles. The number of rotatable bonds is 6. The van der Waals surface area contributed by atoms with Crippen LogP contribution < -0.4 is 9.47 Å². The average Bonchev–Trinajstić information content (AvgIpc) is 3.37. The Hall–Kier alpha value is -4.13. The number of nitrogens with zero attached hydrogens (tertiary/aromatic N) is 1. The number of aryl methyl sites for hydroxylation is 1. The van der Waals surface area contributed by atoms with E-state index in [2.05, 4.69) is 0 Å². The van der Waals surface area contributed by atoms with Crippen LogP contribution in [0.15, 0.2) is 66.7 Å². The highest BCUT2D eigenvalue weighted by Gasteiger charge is 2.25. The molecule has 172 valence electrons. The van der Waals surface area contributed by atoms with Crippen LogP contribution in [0.3, 0.4) is 0 Å². The third-order valence-corrected chi connectivity index (χ3v) is 6.07. The lowest BCUT2D eigenvalue weighted by Gasteiger charge is -2.12. The SMILES string of the molecule is Cc1cc2c(CC(=O)O)cccc2n1C(=O)c1ccc(OC[C@@H]2COc3cc(F)ccc32)cc1. The quantitative estimate of drug-likeness (QED) is 0.441. The predicted molar refractivity (Wildman–Crippen MR) is 124 cm³/mol. The molecule has 6 nitrogen and oxygen atoms in total. The number of hydrogen-bond acceptors (Lipinski definition) is 4. The van der Waals surface area contributed by atoms with Crippen LogP contribution in [0.25, 0.3) is 10.9 Å². The second-order valence-corrected chi connectivity index (χ2v) is 8.37. The number of carbonyl (C=O) groups is 2. The van der Waals surface area contributed by atoms with Crippen LogP contribution in [-0.4, -0.2) is 34.8 Å². The van der Waals surface area contributed by atoms with E-state index in [1.807, 2.05) is 19.1 Å². The number of carboxylic acid groups (broad SMARTS) is 1. The fraction of sp³-hybridized carbons (Fsp3) is 0.185. The van der Waals surface area contributed by atoms with E-state index in [1.165, 1.54) is 12.1 Å². The zero-order chi connectivity index (χ0) is 23.8. The van der Waals surface area contributed by atoms with Gasteiger partial charge in [0.1, 0.15) is 17.3 Å². The fourth-order valence-electron chi connectivity index (χ4n) is 4.42. The number of hydrogen-bond donors (Lipinski definition) is 1. The van der Waals surface area contributed by atoms with Crippen molar-refractivity contribution in [1.82, 2.24) is 4.57 Å². The molecule has 0 saturated carbocycles. The lowest BCUT2D eigenvalue weighted by molar-refractivity contribution is -0.136. The van der Waals surface area contributed by atoms with Crippen molar-refractivity contribution in [1.29, 1.82) is 0 Å². The van der Waals surface area contributed by atoms with Crippen LogP contribution in [0.5, 0.6) is 11.5 Å². The zero-order valence-corrected chi connectivity index (χ0v) is 18.5. The Bertz CT molecular complexity index is 1410. The summed E-state index contributed by atoms with van der Waals surface area (Å²) in [7, 11) is 0. The number of aromatic nitrogens is 1. The first kappa shape index (κ1) is 21.7. The second-order valence-electron chi connectivity index (χ2n) is 8.37. The molecule has 0 fully saturated rings. The Morgan fingerprint density at radius 3 is 2.68 bits per heavy atom. The van der Waals surface area contributed by atoms with Crippen LogP contribution >= 0.6 is 0 Å². The molecule has 0 saturated heterocycles. The summed E-state index contributed by atoms with van der Waals surface area (Å²) in [5.41, 5.74) is 3.49. The van der Waals surface area contributed by atoms with Crippen molar-refractivity contribution in [3.63, 3.8) is 0 Å². The molecule has 1 aromatic heterocycles. The van der Waals surface area contributed by atoms with Gasteiger partial charge in [-0.05, 0) is 55.0 Å². The molecule has 2 heterocycles. The van der Waals surface area contributed by atoms with Crippen molar-refractivity contribution in [3.05, 3.63) is 94.9 Å². The van der Waals surface area contributed by atoms with E-state index >= 15 is 0 Å². The molecule has 0 bridgehead atoms. The summed E-state index contributed by atoms with van der Waals surface area (Å²) in [6, 6.07) is 18.6. The van der Waals surface area contributed by atoms with E-state index < -0.39 is 5.97 Å². The molecule has 0 aliphatic carbocycles. The number of fused-ring (bicyclic) bond motifs is 2. The molecule has 0 unspecified atom stereocenters. The monoisotopic (exact) mass is 459 g/mol. The molecule has 1 aliphatic rings. The van der Waals surface area contributed by atoms with Crippen LogP contribution in [0.4, 0.5) is 4.39 Å². The molecular formula is C27H22FNO5. The van der Waals surface area contributed by atoms with Crippen molar-refractivity contribution >= 4 is 22.8 Å². The molecule has 1 atom stereocenters. The highest BCUT2D eigenvalue weighted by atomic mass is 19.1. The summed E-state index contributed by atoms with van der Waals surface area (Å²) in [6.07, 6.45) is -0.105. The van der Waals surface area contributed by atoms with Gasteiger partial charge in [-0.25, -0.2) is 4.39 Å². The van der Waals surface area contributed by atoms with Gasteiger partial charge in [-0.2, -0.15) is 0 Å². The first-order valence-corrected chi connectivity index (χ1v) is 10.9. The third-order valence-electron chi connectivity index (χ3n) is 6.07. The minimum absolute atomic E-state index is 0.00537. The van der Waals surface area contributed by atoms with E-state index in [0.717, 1.165) is 16.6 Å². The lowest BCUT2D eigenvalue weighted by Crippen LogP contribution is -2.14. The molecule has 5 rings (SSSR count). The van der Waals surface area contributed by atoms with Gasteiger partial charge >= 0.3 is 5.97 Å². The van der Waals surface area contributed by atoms with Gasteiger partial charge in [-0.15, -0.1) is 0 Å². The largest absolute Gasteiger partial charge is 0.493 e. The number of ether oxygens (including phenoxy) is 2. The van der Waals surface area contributed by atoms with E-state index in [0.29, 0.717) is 41.4 Å². The standard InChI is InChI=1S/C27H22FNO5/c1-16-11-23-18(12-26(30)31)3-2-4-24(23)29(16)27(32)17-5-8-21(9-6-17)33-14-19-15-34-25-13-20(28)7-10-22(19)25/h2-11,13,19H,12,14-15H2,1H3,(H,30,31)/t19-/m1/s1. The Kier molecular flexibility index (Phi) is 5.53. The summed E-state index contributed by atoms with van der Waals surface area (Å²) in [5.74, 6) is -0.276. The minimum Gasteiger partial charge on any atom is -0.493 e. The van der Waals surface area contributed by atoms with Gasteiger partial charge in [0.25, 0.3) is 5.91 Å². The number of carbonyl (C=O) groups excluding carboxylic acids is 1. The van der Waals surface area contributed by atoms with Crippen molar-refractivity contribution in [2.45, 2.75) is 19.3 Å². The first-order chi connectivity index (χ1) is 16.4. The average molecular weight is 459 g/mol. The van der Waals surface area contributed by atoms with Crippen molar-refractivity contribution < 1.29 is 28.6 Å².